The smallest absolute Gasteiger partial charge is 0.260 e. The van der Waals surface area contributed by atoms with E-state index in [1.54, 1.807) is 7.05 Å². The Labute approximate surface area is 107 Å². The minimum atomic E-state index is -3.49. The number of benzene rings is 1. The Bertz CT molecular complexity index is 603. The quantitative estimate of drug-likeness (QED) is 0.912. The van der Waals surface area contributed by atoms with Crippen molar-refractivity contribution in [1.29, 1.82) is 0 Å². The van der Waals surface area contributed by atoms with Gasteiger partial charge in [0, 0.05) is 13.6 Å². The molecule has 2 rings (SSSR count). The molecular formula is C12H15N3O2S. The fourth-order valence-corrected chi connectivity index (χ4v) is 2.65. The van der Waals surface area contributed by atoms with Crippen LogP contribution in [0.15, 0.2) is 41.6 Å². The number of hydrogen-bond donors (Lipinski definition) is 1. The minimum Gasteiger partial charge on any atom is -0.266 e. The molecule has 18 heavy (non-hydrogen) atoms. The molecule has 0 aliphatic rings. The third-order valence-electron chi connectivity index (χ3n) is 2.69. The Morgan fingerprint density at radius 1 is 1.22 bits per heavy atom. The van der Waals surface area contributed by atoms with Crippen LogP contribution in [0.25, 0.3) is 0 Å². The summed E-state index contributed by atoms with van der Waals surface area (Å²) in [4.78, 5) is 0. The summed E-state index contributed by atoms with van der Waals surface area (Å²) in [6.45, 7) is 2.33. The number of nitrogens with zero attached hydrogens (tertiary/aromatic N) is 2. The first kappa shape index (κ1) is 12.8. The third-order valence-corrected chi connectivity index (χ3v) is 4.42. The molecule has 0 aliphatic heterocycles. The lowest BCUT2D eigenvalue weighted by Gasteiger charge is -2.15. The van der Waals surface area contributed by atoms with Crippen molar-refractivity contribution in [2.45, 2.75) is 18.5 Å². The van der Waals surface area contributed by atoms with E-state index in [1.807, 2.05) is 31.2 Å². The van der Waals surface area contributed by atoms with E-state index in [9.17, 15) is 8.42 Å². The molecule has 2 aromatic rings. The van der Waals surface area contributed by atoms with Crippen LogP contribution in [0.1, 0.15) is 11.1 Å². The standard InChI is InChI=1S/C12H15N3O2S/c1-10-3-5-11(6-4-10)9-15(2)18(16,17)12-7-8-13-14-12/h3-8H,9H2,1-2H3,(H,13,14). The molecule has 0 aliphatic carbocycles. The van der Waals surface area contributed by atoms with E-state index in [-0.39, 0.29) is 5.03 Å². The summed E-state index contributed by atoms with van der Waals surface area (Å²) in [5.41, 5.74) is 2.10. The third kappa shape index (κ3) is 2.60. The number of H-pyrrole nitrogens is 1. The van der Waals surface area contributed by atoms with E-state index in [0.29, 0.717) is 6.54 Å². The van der Waals surface area contributed by atoms with Gasteiger partial charge in [-0.1, -0.05) is 29.8 Å². The predicted molar refractivity (Wildman–Crippen MR) is 68.4 cm³/mol. The summed E-state index contributed by atoms with van der Waals surface area (Å²) in [7, 11) is -1.94. The fraction of sp³-hybridized carbons (Fsp3) is 0.250. The maximum Gasteiger partial charge on any atom is 0.260 e. The Kier molecular flexibility index (Phi) is 3.49. The van der Waals surface area contributed by atoms with Crippen molar-refractivity contribution in [2.75, 3.05) is 7.05 Å². The van der Waals surface area contributed by atoms with E-state index >= 15 is 0 Å². The number of sulfonamides is 1. The molecule has 1 aromatic carbocycles. The van der Waals surface area contributed by atoms with Gasteiger partial charge in [-0.05, 0) is 18.6 Å². The van der Waals surface area contributed by atoms with Crippen molar-refractivity contribution < 1.29 is 8.42 Å². The highest BCUT2D eigenvalue weighted by molar-refractivity contribution is 7.89. The molecule has 0 amide bonds. The zero-order valence-electron chi connectivity index (χ0n) is 10.3. The second kappa shape index (κ2) is 4.91. The van der Waals surface area contributed by atoms with E-state index in [1.165, 1.54) is 16.6 Å². The second-order valence-electron chi connectivity index (χ2n) is 4.17. The van der Waals surface area contributed by atoms with Crippen LogP contribution < -0.4 is 0 Å². The van der Waals surface area contributed by atoms with E-state index in [0.717, 1.165) is 11.1 Å². The van der Waals surface area contributed by atoms with Gasteiger partial charge < -0.3 is 0 Å². The van der Waals surface area contributed by atoms with E-state index in [2.05, 4.69) is 10.2 Å². The van der Waals surface area contributed by atoms with Crippen molar-refractivity contribution in [3.63, 3.8) is 0 Å². The van der Waals surface area contributed by atoms with Crippen LogP contribution in [-0.2, 0) is 16.6 Å². The number of aromatic nitrogens is 2. The van der Waals surface area contributed by atoms with Crippen LogP contribution >= 0.6 is 0 Å². The molecule has 1 heterocycles. The van der Waals surface area contributed by atoms with Gasteiger partial charge in [-0.15, -0.1) is 0 Å². The molecular weight excluding hydrogens is 250 g/mol. The number of hydrogen-bond acceptors (Lipinski definition) is 3. The van der Waals surface area contributed by atoms with Crippen molar-refractivity contribution in [1.82, 2.24) is 14.5 Å². The number of rotatable bonds is 4. The monoisotopic (exact) mass is 265 g/mol. The summed E-state index contributed by atoms with van der Waals surface area (Å²) in [6.07, 6.45) is 1.42. The van der Waals surface area contributed by atoms with Gasteiger partial charge in [0.2, 0.25) is 0 Å². The molecule has 5 nitrogen and oxygen atoms in total. The summed E-state index contributed by atoms with van der Waals surface area (Å²) in [5.74, 6) is 0. The summed E-state index contributed by atoms with van der Waals surface area (Å²) in [5, 5.41) is 6.24. The lowest BCUT2D eigenvalue weighted by atomic mass is 10.1. The molecule has 0 saturated carbocycles. The molecule has 0 spiro atoms. The zero-order valence-corrected chi connectivity index (χ0v) is 11.1. The van der Waals surface area contributed by atoms with E-state index in [4.69, 9.17) is 0 Å². The molecule has 0 fully saturated rings. The van der Waals surface area contributed by atoms with Gasteiger partial charge >= 0.3 is 0 Å². The van der Waals surface area contributed by atoms with Gasteiger partial charge in [0.25, 0.3) is 10.0 Å². The average Bonchev–Trinajstić information content (AvgIpc) is 2.86. The first-order chi connectivity index (χ1) is 8.50. The first-order valence-corrected chi connectivity index (χ1v) is 6.95. The number of nitrogens with one attached hydrogen (secondary N) is 1. The largest absolute Gasteiger partial charge is 0.266 e. The summed E-state index contributed by atoms with van der Waals surface area (Å²) in [6, 6.07) is 9.22. The van der Waals surface area contributed by atoms with Gasteiger partial charge in [0.1, 0.15) is 0 Å². The lowest BCUT2D eigenvalue weighted by Crippen LogP contribution is -2.26. The average molecular weight is 265 g/mol. The van der Waals surface area contributed by atoms with Crippen molar-refractivity contribution in [3.8, 4) is 0 Å². The molecule has 6 heteroatoms. The van der Waals surface area contributed by atoms with Gasteiger partial charge in [0.15, 0.2) is 5.03 Å². The Morgan fingerprint density at radius 3 is 2.44 bits per heavy atom. The molecule has 1 aromatic heterocycles. The highest BCUT2D eigenvalue weighted by atomic mass is 32.2. The van der Waals surface area contributed by atoms with Crippen LogP contribution in [0.3, 0.4) is 0 Å². The minimum absolute atomic E-state index is 0.108. The molecule has 96 valence electrons. The molecule has 0 unspecified atom stereocenters. The Morgan fingerprint density at radius 2 is 1.89 bits per heavy atom. The fourth-order valence-electron chi connectivity index (χ4n) is 1.59. The van der Waals surface area contributed by atoms with Gasteiger partial charge in [0.05, 0.1) is 6.20 Å². The Balaban J connectivity index is 2.17. The second-order valence-corrected chi connectivity index (χ2v) is 6.18. The Hall–Kier alpha value is -1.66. The van der Waals surface area contributed by atoms with Crippen LogP contribution in [-0.4, -0.2) is 30.0 Å². The number of aryl methyl sites for hydroxylation is 1. The topological polar surface area (TPSA) is 66.1 Å². The van der Waals surface area contributed by atoms with Crippen molar-refractivity contribution in [2.24, 2.45) is 0 Å². The van der Waals surface area contributed by atoms with Gasteiger partial charge in [-0.3, -0.25) is 5.10 Å². The predicted octanol–water partition coefficient (Wildman–Crippen LogP) is 1.54. The summed E-state index contributed by atoms with van der Waals surface area (Å²) >= 11 is 0. The van der Waals surface area contributed by atoms with Crippen LogP contribution in [0.5, 0.6) is 0 Å². The van der Waals surface area contributed by atoms with Crippen LogP contribution in [0.2, 0.25) is 0 Å². The molecule has 0 radical (unpaired) electrons. The van der Waals surface area contributed by atoms with E-state index < -0.39 is 10.0 Å². The zero-order chi connectivity index (χ0) is 13.2. The normalized spacial score (nSPS) is 11.9. The van der Waals surface area contributed by atoms with Crippen molar-refractivity contribution in [3.05, 3.63) is 47.7 Å². The van der Waals surface area contributed by atoms with Gasteiger partial charge in [-0.25, -0.2) is 8.42 Å². The van der Waals surface area contributed by atoms with Gasteiger partial charge in [-0.2, -0.15) is 9.40 Å². The molecule has 0 bridgehead atoms. The van der Waals surface area contributed by atoms with Crippen LogP contribution in [0, 0.1) is 6.92 Å². The molecule has 1 N–H and O–H groups in total. The molecule has 0 atom stereocenters. The SMILES string of the molecule is Cc1ccc(CN(C)S(=O)(=O)c2ccn[nH]2)cc1. The highest BCUT2D eigenvalue weighted by Crippen LogP contribution is 2.14. The maximum atomic E-state index is 12.1. The lowest BCUT2D eigenvalue weighted by molar-refractivity contribution is 0.463. The van der Waals surface area contributed by atoms with Crippen molar-refractivity contribution >= 4 is 10.0 Å². The maximum absolute atomic E-state index is 12.1. The molecule has 0 saturated heterocycles. The highest BCUT2D eigenvalue weighted by Gasteiger charge is 2.21. The van der Waals surface area contributed by atoms with Crippen LogP contribution in [0.4, 0.5) is 0 Å². The first-order valence-electron chi connectivity index (χ1n) is 5.51. The number of aromatic amines is 1. The summed E-state index contributed by atoms with van der Waals surface area (Å²) < 4.78 is 25.5.